The Morgan fingerprint density at radius 3 is 2.56 bits per heavy atom. The van der Waals surface area contributed by atoms with Gasteiger partial charge in [-0.15, -0.1) is 0 Å². The van der Waals surface area contributed by atoms with Crippen LogP contribution in [-0.4, -0.2) is 22.8 Å². The monoisotopic (exact) mass is 386 g/mol. The van der Waals surface area contributed by atoms with Gasteiger partial charge >= 0.3 is 6.18 Å². The lowest BCUT2D eigenvalue weighted by molar-refractivity contribution is -0.137. The molecule has 11 heteroatoms. The number of benzene rings is 1. The van der Waals surface area contributed by atoms with Crippen LogP contribution in [-0.2, 0) is 16.2 Å². The first-order valence-electron chi connectivity index (χ1n) is 6.71. The molecule has 25 heavy (non-hydrogen) atoms. The van der Waals surface area contributed by atoms with Crippen molar-refractivity contribution in [1.82, 2.24) is 14.3 Å². The number of pyridine rings is 1. The van der Waals surface area contributed by atoms with Crippen LogP contribution in [0.5, 0.6) is 0 Å². The maximum absolute atomic E-state index is 12.7. The van der Waals surface area contributed by atoms with Gasteiger partial charge < -0.3 is 0 Å². The van der Waals surface area contributed by atoms with Gasteiger partial charge in [-0.3, -0.25) is 9.71 Å². The van der Waals surface area contributed by atoms with E-state index in [0.717, 1.165) is 29.7 Å². The van der Waals surface area contributed by atoms with E-state index in [1.54, 1.807) is 18.2 Å². The predicted octanol–water partition coefficient (Wildman–Crippen LogP) is 3.42. The van der Waals surface area contributed by atoms with E-state index in [9.17, 15) is 21.6 Å². The molecule has 0 unspecified atom stereocenters. The van der Waals surface area contributed by atoms with E-state index in [-0.39, 0.29) is 11.0 Å². The van der Waals surface area contributed by atoms with Crippen LogP contribution in [0.3, 0.4) is 0 Å². The Bertz CT molecular complexity index is 989. The first kappa shape index (κ1) is 17.3. The molecule has 130 valence electrons. The van der Waals surface area contributed by atoms with Crippen LogP contribution in [0.15, 0.2) is 53.6 Å². The molecule has 2 heterocycles. The smallest absolute Gasteiger partial charge is 0.253 e. The fourth-order valence-electron chi connectivity index (χ4n) is 1.88. The lowest BCUT2D eigenvalue weighted by atomic mass is 10.2. The van der Waals surface area contributed by atoms with Crippen LogP contribution in [0.25, 0.3) is 11.5 Å². The zero-order chi connectivity index (χ0) is 18.1. The summed E-state index contributed by atoms with van der Waals surface area (Å²) < 4.78 is 68.8. The third-order valence-corrected chi connectivity index (χ3v) is 5.11. The average molecular weight is 386 g/mol. The van der Waals surface area contributed by atoms with Gasteiger partial charge in [0.25, 0.3) is 10.0 Å². The van der Waals surface area contributed by atoms with Gasteiger partial charge in [-0.05, 0) is 30.3 Å². The topological polar surface area (TPSA) is 84.8 Å². The number of nitrogens with zero attached hydrogens (tertiary/aromatic N) is 3. The Hall–Kier alpha value is -2.53. The summed E-state index contributed by atoms with van der Waals surface area (Å²) in [4.78, 5) is 7.51. The molecule has 0 aliphatic carbocycles. The third kappa shape index (κ3) is 3.94. The molecule has 0 amide bonds. The van der Waals surface area contributed by atoms with Crippen LogP contribution < -0.4 is 4.72 Å². The lowest BCUT2D eigenvalue weighted by Gasteiger charge is -2.09. The highest BCUT2D eigenvalue weighted by Gasteiger charge is 2.31. The number of nitrogens with one attached hydrogen (secondary N) is 1. The first-order valence-corrected chi connectivity index (χ1v) is 8.96. The predicted molar refractivity (Wildman–Crippen MR) is 85.4 cm³/mol. The van der Waals surface area contributed by atoms with Gasteiger partial charge in [0.15, 0.2) is 5.82 Å². The van der Waals surface area contributed by atoms with Gasteiger partial charge in [0.05, 0.1) is 10.5 Å². The van der Waals surface area contributed by atoms with Crippen molar-refractivity contribution < 1.29 is 21.6 Å². The number of hydrogen-bond donors (Lipinski definition) is 1. The minimum absolute atomic E-state index is 0.0712. The van der Waals surface area contributed by atoms with Crippen molar-refractivity contribution in [3.63, 3.8) is 0 Å². The summed E-state index contributed by atoms with van der Waals surface area (Å²) in [6.45, 7) is 0. The second kappa shape index (κ2) is 6.41. The Balaban J connectivity index is 1.87. The highest BCUT2D eigenvalue weighted by Crippen LogP contribution is 2.31. The fourth-order valence-corrected chi connectivity index (χ4v) is 3.72. The molecule has 1 aromatic carbocycles. The molecule has 0 fully saturated rings. The molecule has 1 N–H and O–H groups in total. The molecule has 0 spiro atoms. The molecule has 0 saturated carbocycles. The van der Waals surface area contributed by atoms with Gasteiger partial charge in [-0.2, -0.15) is 22.5 Å². The van der Waals surface area contributed by atoms with Crippen molar-refractivity contribution >= 4 is 26.7 Å². The molecule has 3 aromatic rings. The number of rotatable bonds is 4. The normalized spacial score (nSPS) is 12.1. The van der Waals surface area contributed by atoms with E-state index in [2.05, 4.69) is 19.1 Å². The minimum Gasteiger partial charge on any atom is -0.253 e. The third-order valence-electron chi connectivity index (χ3n) is 3.01. The Morgan fingerprint density at radius 1 is 1.08 bits per heavy atom. The molecule has 2 aromatic heterocycles. The van der Waals surface area contributed by atoms with Crippen molar-refractivity contribution in [3.8, 4) is 11.5 Å². The molecule has 0 aliphatic rings. The van der Waals surface area contributed by atoms with Gasteiger partial charge in [-0.25, -0.2) is 8.42 Å². The largest absolute Gasteiger partial charge is 0.416 e. The Morgan fingerprint density at radius 2 is 1.88 bits per heavy atom. The van der Waals surface area contributed by atoms with E-state index in [1.807, 2.05) is 0 Å². The van der Waals surface area contributed by atoms with Gasteiger partial charge in [0, 0.05) is 17.7 Å². The van der Waals surface area contributed by atoms with E-state index in [1.165, 1.54) is 6.20 Å². The first-order chi connectivity index (χ1) is 11.8. The lowest BCUT2D eigenvalue weighted by Crippen LogP contribution is -2.14. The second-order valence-electron chi connectivity index (χ2n) is 4.77. The van der Waals surface area contributed by atoms with Crippen molar-refractivity contribution in [1.29, 1.82) is 0 Å². The van der Waals surface area contributed by atoms with Gasteiger partial charge in [-0.1, -0.05) is 12.1 Å². The van der Waals surface area contributed by atoms with Gasteiger partial charge in [0.1, 0.15) is 5.69 Å². The summed E-state index contributed by atoms with van der Waals surface area (Å²) in [7, 11) is -4.23. The van der Waals surface area contributed by atoms with E-state index >= 15 is 0 Å². The SMILES string of the molecule is O=S(=O)(Nc1nc(-c2ccccn2)ns1)c1cccc(C(F)(F)F)c1. The van der Waals surface area contributed by atoms with Crippen molar-refractivity contribution in [3.05, 3.63) is 54.2 Å². The minimum atomic E-state index is -4.64. The summed E-state index contributed by atoms with van der Waals surface area (Å²) >= 11 is 0.762. The number of aromatic nitrogens is 3. The molecule has 0 aliphatic heterocycles. The molecular weight excluding hydrogens is 377 g/mol. The zero-order valence-electron chi connectivity index (χ0n) is 12.2. The van der Waals surface area contributed by atoms with Crippen molar-refractivity contribution in [2.24, 2.45) is 0 Å². The molecular formula is C14H9F3N4O2S2. The van der Waals surface area contributed by atoms with Crippen LogP contribution in [0.4, 0.5) is 18.3 Å². The van der Waals surface area contributed by atoms with Crippen LogP contribution >= 0.6 is 11.5 Å². The standard InChI is InChI=1S/C14H9F3N4O2S2/c15-14(16,17)9-4-3-5-10(8-9)25(22,23)21-13-19-12(20-24-13)11-6-1-2-7-18-11/h1-8H,(H,19,20,21). The molecule has 6 nitrogen and oxygen atoms in total. The summed E-state index contributed by atoms with van der Waals surface area (Å²) in [6.07, 6.45) is -3.11. The van der Waals surface area contributed by atoms with Gasteiger partial charge in [0.2, 0.25) is 5.13 Å². The number of alkyl halides is 3. The fraction of sp³-hybridized carbons (Fsp3) is 0.0714. The highest BCUT2D eigenvalue weighted by molar-refractivity contribution is 7.93. The molecule has 0 bridgehead atoms. The summed E-state index contributed by atoms with van der Waals surface area (Å²) in [6, 6.07) is 8.51. The molecule has 0 radical (unpaired) electrons. The van der Waals surface area contributed by atoms with E-state index < -0.39 is 26.7 Å². The summed E-state index contributed by atoms with van der Waals surface area (Å²) in [5.74, 6) is 0.215. The number of anilines is 1. The van der Waals surface area contributed by atoms with Crippen LogP contribution in [0.2, 0.25) is 0 Å². The number of hydrogen-bond acceptors (Lipinski definition) is 6. The maximum Gasteiger partial charge on any atom is 0.416 e. The van der Waals surface area contributed by atoms with E-state index in [0.29, 0.717) is 11.8 Å². The van der Waals surface area contributed by atoms with Crippen LogP contribution in [0.1, 0.15) is 5.56 Å². The second-order valence-corrected chi connectivity index (χ2v) is 7.20. The maximum atomic E-state index is 12.7. The number of halogens is 3. The summed E-state index contributed by atoms with van der Waals surface area (Å²) in [5.41, 5.74) is -0.606. The molecule has 0 saturated heterocycles. The van der Waals surface area contributed by atoms with Crippen molar-refractivity contribution in [2.45, 2.75) is 11.1 Å². The molecule has 0 atom stereocenters. The Labute approximate surface area is 144 Å². The average Bonchev–Trinajstić information content (AvgIpc) is 3.03. The van der Waals surface area contributed by atoms with Crippen molar-refractivity contribution in [2.75, 3.05) is 4.72 Å². The van der Waals surface area contributed by atoms with E-state index in [4.69, 9.17) is 0 Å². The number of sulfonamides is 1. The summed E-state index contributed by atoms with van der Waals surface area (Å²) in [5, 5.41) is -0.0712. The highest BCUT2D eigenvalue weighted by atomic mass is 32.2. The van der Waals surface area contributed by atoms with Crippen LogP contribution in [0, 0.1) is 0 Å². The molecule has 3 rings (SSSR count). The quantitative estimate of drug-likeness (QED) is 0.743. The zero-order valence-corrected chi connectivity index (χ0v) is 13.9. The Kier molecular flexibility index (Phi) is 4.43.